The molecule has 0 bridgehead atoms. The van der Waals surface area contributed by atoms with Crippen molar-refractivity contribution in [3.05, 3.63) is 69.8 Å². The molecule has 2 heterocycles. The molecule has 2 aromatic carbocycles. The number of unbranched alkanes of at least 4 members (excludes halogenated alkanes) is 3. The van der Waals surface area contributed by atoms with Crippen LogP contribution in [0.15, 0.2) is 36.4 Å². The summed E-state index contributed by atoms with van der Waals surface area (Å²) < 4.78 is 9.20. The van der Waals surface area contributed by atoms with Gasteiger partial charge in [0.05, 0.1) is 22.3 Å². The molecule has 6 heteroatoms. The summed E-state index contributed by atoms with van der Waals surface area (Å²) in [4.78, 5) is 46.1. The van der Waals surface area contributed by atoms with Crippen molar-refractivity contribution >= 4 is 23.9 Å². The van der Waals surface area contributed by atoms with Crippen LogP contribution >= 0.6 is 0 Å². The van der Waals surface area contributed by atoms with Crippen LogP contribution in [0.1, 0.15) is 78.2 Å². The van der Waals surface area contributed by atoms with E-state index < -0.39 is 23.9 Å². The van der Waals surface area contributed by atoms with Gasteiger partial charge in [0.25, 0.3) is 0 Å². The molecule has 2 aliphatic rings. The van der Waals surface area contributed by atoms with E-state index in [4.69, 9.17) is 0 Å². The maximum absolute atomic E-state index is 11.6. The number of benzene rings is 2. The molecule has 0 saturated carbocycles. The van der Waals surface area contributed by atoms with E-state index in [1.807, 2.05) is 12.1 Å². The van der Waals surface area contributed by atoms with Crippen molar-refractivity contribution in [2.24, 2.45) is 0 Å². The molecule has 142 valence electrons. The van der Waals surface area contributed by atoms with E-state index in [1.54, 1.807) is 24.3 Å². The largest absolute Gasteiger partial charge is 0.386 e. The number of esters is 4. The Bertz CT molecular complexity index is 923. The summed E-state index contributed by atoms with van der Waals surface area (Å²) >= 11 is 0. The lowest BCUT2D eigenvalue weighted by Crippen LogP contribution is -1.97. The minimum absolute atomic E-state index is 0.341. The van der Waals surface area contributed by atoms with Gasteiger partial charge in [-0.25, -0.2) is 19.2 Å². The topological polar surface area (TPSA) is 86.7 Å². The molecule has 0 saturated heterocycles. The van der Waals surface area contributed by atoms with Crippen LogP contribution in [0, 0.1) is 0 Å². The van der Waals surface area contributed by atoms with E-state index >= 15 is 0 Å². The van der Waals surface area contributed by atoms with Crippen LogP contribution in [-0.2, 0) is 22.3 Å². The first-order chi connectivity index (χ1) is 13.5. The molecule has 0 atom stereocenters. The highest BCUT2D eigenvalue weighted by atomic mass is 16.6. The lowest BCUT2D eigenvalue weighted by atomic mass is 9.99. The number of aryl methyl sites for hydroxylation is 2. The predicted molar refractivity (Wildman–Crippen MR) is 98.3 cm³/mol. The summed E-state index contributed by atoms with van der Waals surface area (Å²) in [5.41, 5.74) is 3.44. The molecule has 0 fully saturated rings. The van der Waals surface area contributed by atoms with Crippen molar-refractivity contribution < 1.29 is 28.7 Å². The van der Waals surface area contributed by atoms with Gasteiger partial charge in [0.2, 0.25) is 0 Å². The van der Waals surface area contributed by atoms with Crippen molar-refractivity contribution in [2.45, 2.75) is 38.5 Å². The van der Waals surface area contributed by atoms with Gasteiger partial charge in [0, 0.05) is 0 Å². The van der Waals surface area contributed by atoms with Crippen LogP contribution in [0.2, 0.25) is 0 Å². The van der Waals surface area contributed by atoms with Gasteiger partial charge in [-0.1, -0.05) is 25.0 Å². The fraction of sp³-hybridized carbons (Fsp3) is 0.273. The summed E-state index contributed by atoms with van der Waals surface area (Å²) in [6.07, 6.45) is 5.69. The minimum Gasteiger partial charge on any atom is -0.386 e. The average Bonchev–Trinajstić information content (AvgIpc) is 3.13. The molecule has 28 heavy (non-hydrogen) atoms. The highest BCUT2D eigenvalue weighted by molar-refractivity contribution is 6.15. The Morgan fingerprint density at radius 3 is 1.32 bits per heavy atom. The van der Waals surface area contributed by atoms with Crippen molar-refractivity contribution in [1.29, 1.82) is 0 Å². The van der Waals surface area contributed by atoms with Gasteiger partial charge in [0.1, 0.15) is 0 Å². The van der Waals surface area contributed by atoms with Crippen molar-refractivity contribution in [1.82, 2.24) is 0 Å². The maximum atomic E-state index is 11.6. The van der Waals surface area contributed by atoms with E-state index in [0.717, 1.165) is 49.7 Å². The highest BCUT2D eigenvalue weighted by Gasteiger charge is 2.30. The zero-order valence-corrected chi connectivity index (χ0v) is 15.2. The average molecular weight is 378 g/mol. The van der Waals surface area contributed by atoms with Crippen LogP contribution < -0.4 is 0 Å². The SMILES string of the molecule is O=C1OC(=O)c2cc(CCCCCCc3ccc4c(c3)C(=O)OC4=O)ccc21. The third kappa shape index (κ3) is 3.45. The zero-order chi connectivity index (χ0) is 19.7. The summed E-state index contributed by atoms with van der Waals surface area (Å²) in [7, 11) is 0. The lowest BCUT2D eigenvalue weighted by Gasteiger charge is -2.05. The number of hydrogen-bond donors (Lipinski definition) is 0. The van der Waals surface area contributed by atoms with Crippen LogP contribution in [0.3, 0.4) is 0 Å². The van der Waals surface area contributed by atoms with E-state index in [2.05, 4.69) is 9.47 Å². The standard InChI is InChI=1S/C22H18O6/c23-19-15-9-7-13(11-17(15)21(25)27-19)5-3-1-2-4-6-14-8-10-16-18(12-14)22(26)28-20(16)24/h7-12H,1-6H2. The maximum Gasteiger partial charge on any atom is 0.346 e. The molecule has 0 spiro atoms. The Labute approximate surface area is 161 Å². The quantitative estimate of drug-likeness (QED) is 0.415. The van der Waals surface area contributed by atoms with Gasteiger partial charge in [-0.3, -0.25) is 0 Å². The second-order valence-corrected chi connectivity index (χ2v) is 7.03. The van der Waals surface area contributed by atoms with Crippen LogP contribution in [0.5, 0.6) is 0 Å². The van der Waals surface area contributed by atoms with Crippen molar-refractivity contribution in [3.63, 3.8) is 0 Å². The van der Waals surface area contributed by atoms with E-state index in [-0.39, 0.29) is 0 Å². The number of rotatable bonds is 7. The number of ether oxygens (including phenoxy) is 2. The molecule has 4 rings (SSSR count). The Hall–Kier alpha value is -3.28. The van der Waals surface area contributed by atoms with Crippen LogP contribution in [0.25, 0.3) is 0 Å². The van der Waals surface area contributed by atoms with E-state index in [0.29, 0.717) is 22.3 Å². The fourth-order valence-corrected chi connectivity index (χ4v) is 3.59. The Morgan fingerprint density at radius 1 is 0.500 bits per heavy atom. The van der Waals surface area contributed by atoms with Gasteiger partial charge in [-0.05, 0) is 61.1 Å². The molecule has 2 aromatic rings. The normalized spacial score (nSPS) is 14.7. The van der Waals surface area contributed by atoms with Crippen LogP contribution in [0.4, 0.5) is 0 Å². The van der Waals surface area contributed by atoms with Crippen molar-refractivity contribution in [2.75, 3.05) is 0 Å². The summed E-state index contributed by atoms with van der Waals surface area (Å²) in [5.74, 6) is -2.28. The summed E-state index contributed by atoms with van der Waals surface area (Å²) in [5, 5.41) is 0. The molecule has 0 radical (unpaired) electrons. The van der Waals surface area contributed by atoms with Gasteiger partial charge in [-0.15, -0.1) is 0 Å². The third-order valence-electron chi connectivity index (χ3n) is 5.10. The summed E-state index contributed by atoms with van der Waals surface area (Å²) in [6, 6.07) is 10.5. The molecule has 0 unspecified atom stereocenters. The zero-order valence-electron chi connectivity index (χ0n) is 15.2. The van der Waals surface area contributed by atoms with Crippen LogP contribution in [-0.4, -0.2) is 23.9 Å². The van der Waals surface area contributed by atoms with E-state index in [1.165, 1.54) is 0 Å². The Balaban J connectivity index is 1.22. The molecule has 0 aromatic heterocycles. The second-order valence-electron chi connectivity index (χ2n) is 7.03. The first kappa shape index (κ1) is 18.1. The van der Waals surface area contributed by atoms with E-state index in [9.17, 15) is 19.2 Å². The minimum atomic E-state index is -0.573. The lowest BCUT2D eigenvalue weighted by molar-refractivity contribution is 0.0425. The molecular weight excluding hydrogens is 360 g/mol. The molecule has 2 aliphatic heterocycles. The number of carbonyl (C=O) groups excluding carboxylic acids is 4. The highest BCUT2D eigenvalue weighted by Crippen LogP contribution is 2.23. The third-order valence-corrected chi connectivity index (χ3v) is 5.10. The predicted octanol–water partition coefficient (Wildman–Crippen LogP) is 3.65. The first-order valence-electron chi connectivity index (χ1n) is 9.32. The van der Waals surface area contributed by atoms with Gasteiger partial charge < -0.3 is 9.47 Å². The molecular formula is C22H18O6. The fourth-order valence-electron chi connectivity index (χ4n) is 3.59. The van der Waals surface area contributed by atoms with Crippen molar-refractivity contribution in [3.8, 4) is 0 Å². The van der Waals surface area contributed by atoms with Gasteiger partial charge in [-0.2, -0.15) is 0 Å². The van der Waals surface area contributed by atoms with Gasteiger partial charge in [0.15, 0.2) is 0 Å². The number of fused-ring (bicyclic) bond motifs is 2. The second kappa shape index (κ2) is 7.38. The summed E-state index contributed by atoms with van der Waals surface area (Å²) in [6.45, 7) is 0. The Kier molecular flexibility index (Phi) is 4.77. The monoisotopic (exact) mass is 378 g/mol. The molecule has 0 aliphatic carbocycles. The number of cyclic esters (lactones) is 4. The van der Waals surface area contributed by atoms with Gasteiger partial charge >= 0.3 is 23.9 Å². The molecule has 0 amide bonds. The first-order valence-corrected chi connectivity index (χ1v) is 9.32. The number of hydrogen-bond acceptors (Lipinski definition) is 6. The smallest absolute Gasteiger partial charge is 0.346 e. The molecule has 0 N–H and O–H groups in total. The molecule has 6 nitrogen and oxygen atoms in total. The Morgan fingerprint density at radius 2 is 0.893 bits per heavy atom. The number of carbonyl (C=O) groups is 4.